The van der Waals surface area contributed by atoms with Crippen LogP contribution >= 0.6 is 12.6 Å². The van der Waals surface area contributed by atoms with Gasteiger partial charge in [0.05, 0.1) is 29.7 Å². The maximum Gasteiger partial charge on any atom is 0.237 e. The summed E-state index contributed by atoms with van der Waals surface area (Å²) in [4.78, 5) is 11.4. The van der Waals surface area contributed by atoms with Crippen LogP contribution in [0.2, 0.25) is 0 Å². The molecule has 4 nitrogen and oxygen atoms in total. The summed E-state index contributed by atoms with van der Waals surface area (Å²) in [5.74, 6) is 0.243. The molecule has 84 valence electrons. The van der Waals surface area contributed by atoms with Gasteiger partial charge in [-0.05, 0) is 19.1 Å². The molecule has 0 spiro atoms. The zero-order valence-corrected chi connectivity index (χ0v) is 9.91. The fourth-order valence-electron chi connectivity index (χ4n) is 1.10. The molecule has 1 rings (SSSR count). The molecule has 0 heterocycles. The van der Waals surface area contributed by atoms with Crippen molar-refractivity contribution in [2.45, 2.75) is 12.2 Å². The average Bonchev–Trinajstić information content (AvgIpc) is 2.29. The first-order valence-corrected chi connectivity index (χ1v) is 5.17. The maximum absolute atomic E-state index is 11.4. The van der Waals surface area contributed by atoms with Crippen molar-refractivity contribution in [3.8, 4) is 11.8 Å². The van der Waals surface area contributed by atoms with Crippen LogP contribution in [0.4, 0.5) is 5.69 Å². The lowest BCUT2D eigenvalue weighted by Gasteiger charge is -2.11. The monoisotopic (exact) mass is 236 g/mol. The Morgan fingerprint density at radius 3 is 2.81 bits per heavy atom. The third kappa shape index (κ3) is 2.91. The van der Waals surface area contributed by atoms with Gasteiger partial charge < -0.3 is 10.1 Å². The topological polar surface area (TPSA) is 62.1 Å². The van der Waals surface area contributed by atoms with E-state index < -0.39 is 5.25 Å². The first-order valence-electron chi connectivity index (χ1n) is 4.65. The number of hydrogen-bond donors (Lipinski definition) is 2. The van der Waals surface area contributed by atoms with E-state index in [1.165, 1.54) is 7.11 Å². The summed E-state index contributed by atoms with van der Waals surface area (Å²) in [6.07, 6.45) is 0. The van der Waals surface area contributed by atoms with E-state index >= 15 is 0 Å². The van der Waals surface area contributed by atoms with Gasteiger partial charge in [-0.3, -0.25) is 4.79 Å². The largest absolute Gasteiger partial charge is 0.495 e. The van der Waals surface area contributed by atoms with E-state index in [4.69, 9.17) is 10.00 Å². The molecule has 16 heavy (non-hydrogen) atoms. The lowest BCUT2D eigenvalue weighted by atomic mass is 10.2. The Morgan fingerprint density at radius 2 is 2.31 bits per heavy atom. The highest BCUT2D eigenvalue weighted by atomic mass is 32.1. The number of rotatable bonds is 3. The number of carbonyl (C=O) groups excluding carboxylic acids is 1. The normalized spacial score (nSPS) is 11.4. The molecular formula is C11H12N2O2S. The van der Waals surface area contributed by atoms with Crippen LogP contribution in [-0.2, 0) is 4.79 Å². The number of nitrogens with one attached hydrogen (secondary N) is 1. The number of carbonyl (C=O) groups is 1. The highest BCUT2D eigenvalue weighted by Crippen LogP contribution is 2.25. The Hall–Kier alpha value is -1.67. The molecule has 0 fully saturated rings. The molecule has 5 heteroatoms. The molecule has 0 saturated heterocycles. The molecule has 1 aromatic rings. The van der Waals surface area contributed by atoms with Crippen molar-refractivity contribution in [3.05, 3.63) is 23.8 Å². The first-order chi connectivity index (χ1) is 7.58. The van der Waals surface area contributed by atoms with Crippen molar-refractivity contribution in [1.29, 1.82) is 5.26 Å². The van der Waals surface area contributed by atoms with E-state index in [0.717, 1.165) is 0 Å². The standard InChI is InChI=1S/C11H12N2O2S/c1-7(16)11(14)13-9-4-3-8(6-12)5-10(9)15-2/h3-5,7,16H,1-2H3,(H,13,14). The summed E-state index contributed by atoms with van der Waals surface area (Å²) in [6.45, 7) is 1.68. The number of nitrogens with zero attached hydrogens (tertiary/aromatic N) is 1. The summed E-state index contributed by atoms with van der Waals surface area (Å²) >= 11 is 4.02. The SMILES string of the molecule is COc1cc(C#N)ccc1NC(=O)C(C)S. The number of anilines is 1. The fourth-order valence-corrected chi connectivity index (χ4v) is 1.17. The lowest BCUT2D eigenvalue weighted by molar-refractivity contribution is -0.115. The van der Waals surface area contributed by atoms with Crippen molar-refractivity contribution in [2.75, 3.05) is 12.4 Å². The highest BCUT2D eigenvalue weighted by Gasteiger charge is 2.11. The Balaban J connectivity index is 2.97. The van der Waals surface area contributed by atoms with E-state index in [1.807, 2.05) is 6.07 Å². The van der Waals surface area contributed by atoms with Gasteiger partial charge in [0.15, 0.2) is 0 Å². The zero-order chi connectivity index (χ0) is 12.1. The third-order valence-electron chi connectivity index (χ3n) is 1.97. The van der Waals surface area contributed by atoms with Crippen LogP contribution in [0.25, 0.3) is 0 Å². The van der Waals surface area contributed by atoms with E-state index in [-0.39, 0.29) is 5.91 Å². The second-order valence-corrected chi connectivity index (χ2v) is 3.97. The van der Waals surface area contributed by atoms with E-state index in [9.17, 15) is 4.79 Å². The molecule has 0 aliphatic heterocycles. The molecule has 1 atom stereocenters. The van der Waals surface area contributed by atoms with Crippen LogP contribution in [0.1, 0.15) is 12.5 Å². The summed E-state index contributed by atoms with van der Waals surface area (Å²) < 4.78 is 5.08. The average molecular weight is 236 g/mol. The van der Waals surface area contributed by atoms with Crippen molar-refractivity contribution < 1.29 is 9.53 Å². The predicted octanol–water partition coefficient (Wildman–Crippen LogP) is 1.82. The van der Waals surface area contributed by atoms with Crippen molar-refractivity contribution in [2.24, 2.45) is 0 Å². The summed E-state index contributed by atoms with van der Waals surface area (Å²) in [5, 5.41) is 11.0. The number of thiol groups is 1. The molecule has 0 aromatic heterocycles. The van der Waals surface area contributed by atoms with Crippen LogP contribution in [0.15, 0.2) is 18.2 Å². The third-order valence-corrected chi connectivity index (χ3v) is 2.20. The molecule has 0 radical (unpaired) electrons. The maximum atomic E-state index is 11.4. The minimum absolute atomic E-state index is 0.216. The first kappa shape index (κ1) is 12.4. The smallest absolute Gasteiger partial charge is 0.237 e. The van der Waals surface area contributed by atoms with Crippen molar-refractivity contribution in [1.82, 2.24) is 0 Å². The van der Waals surface area contributed by atoms with Gasteiger partial charge in [-0.1, -0.05) is 0 Å². The Labute approximate surface area is 99.6 Å². The van der Waals surface area contributed by atoms with Gasteiger partial charge in [-0.2, -0.15) is 17.9 Å². The quantitative estimate of drug-likeness (QED) is 0.787. The van der Waals surface area contributed by atoms with Crippen LogP contribution in [0.5, 0.6) is 5.75 Å². The molecule has 0 aliphatic carbocycles. The lowest BCUT2D eigenvalue weighted by Crippen LogP contribution is -2.20. The number of amides is 1. The van der Waals surface area contributed by atoms with Crippen LogP contribution in [0.3, 0.4) is 0 Å². The zero-order valence-electron chi connectivity index (χ0n) is 9.02. The molecule has 0 bridgehead atoms. The number of hydrogen-bond acceptors (Lipinski definition) is 4. The van der Waals surface area contributed by atoms with Crippen LogP contribution in [0, 0.1) is 11.3 Å². The minimum Gasteiger partial charge on any atom is -0.495 e. The molecular weight excluding hydrogens is 224 g/mol. The molecule has 0 saturated carbocycles. The second kappa shape index (κ2) is 5.42. The van der Waals surface area contributed by atoms with Gasteiger partial charge in [-0.25, -0.2) is 0 Å². The molecule has 1 aromatic carbocycles. The second-order valence-electron chi connectivity index (χ2n) is 3.19. The summed E-state index contributed by atoms with van der Waals surface area (Å²) in [7, 11) is 1.48. The van der Waals surface area contributed by atoms with E-state index in [2.05, 4.69) is 17.9 Å². The fraction of sp³-hybridized carbons (Fsp3) is 0.273. The van der Waals surface area contributed by atoms with Gasteiger partial charge in [0.1, 0.15) is 5.75 Å². The Morgan fingerprint density at radius 1 is 1.62 bits per heavy atom. The number of ether oxygens (including phenoxy) is 1. The van der Waals surface area contributed by atoms with Gasteiger partial charge in [0.2, 0.25) is 5.91 Å². The summed E-state index contributed by atoms with van der Waals surface area (Å²) in [5.41, 5.74) is 1.01. The molecule has 1 amide bonds. The van der Waals surface area contributed by atoms with E-state index in [1.54, 1.807) is 25.1 Å². The van der Waals surface area contributed by atoms with Crippen molar-refractivity contribution >= 4 is 24.2 Å². The Bertz CT molecular complexity index is 438. The highest BCUT2D eigenvalue weighted by molar-refractivity contribution is 7.81. The molecule has 1 N–H and O–H groups in total. The minimum atomic E-state index is -0.402. The number of nitriles is 1. The molecule has 0 aliphatic rings. The van der Waals surface area contributed by atoms with Crippen LogP contribution < -0.4 is 10.1 Å². The van der Waals surface area contributed by atoms with Gasteiger partial charge in [-0.15, -0.1) is 0 Å². The predicted molar refractivity (Wildman–Crippen MR) is 64.8 cm³/mol. The number of benzene rings is 1. The van der Waals surface area contributed by atoms with Gasteiger partial charge in [0, 0.05) is 6.07 Å². The van der Waals surface area contributed by atoms with Crippen molar-refractivity contribution in [3.63, 3.8) is 0 Å². The molecule has 1 unspecified atom stereocenters. The van der Waals surface area contributed by atoms with Crippen LogP contribution in [-0.4, -0.2) is 18.3 Å². The number of methoxy groups -OCH3 is 1. The van der Waals surface area contributed by atoms with E-state index in [0.29, 0.717) is 17.0 Å². The Kier molecular flexibility index (Phi) is 4.20. The van der Waals surface area contributed by atoms with Gasteiger partial charge >= 0.3 is 0 Å². The van der Waals surface area contributed by atoms with Gasteiger partial charge in [0.25, 0.3) is 0 Å². The summed E-state index contributed by atoms with van der Waals surface area (Å²) in [6, 6.07) is 6.81.